The molecule has 6 heteroatoms. The highest BCUT2D eigenvalue weighted by atomic mass is 16.5. The lowest BCUT2D eigenvalue weighted by molar-refractivity contribution is -0.128. The van der Waals surface area contributed by atoms with Crippen molar-refractivity contribution in [3.05, 3.63) is 29.8 Å². The molecular formula is C21H30N2O4. The van der Waals surface area contributed by atoms with Gasteiger partial charge in [0.25, 0.3) is 5.91 Å². The Morgan fingerprint density at radius 3 is 2.63 bits per heavy atom. The van der Waals surface area contributed by atoms with E-state index >= 15 is 0 Å². The minimum Gasteiger partial charge on any atom is -0.497 e. The van der Waals surface area contributed by atoms with Crippen LogP contribution in [-0.4, -0.2) is 48.2 Å². The van der Waals surface area contributed by atoms with Crippen LogP contribution in [0.2, 0.25) is 0 Å². The smallest absolute Gasteiger partial charge is 0.257 e. The van der Waals surface area contributed by atoms with E-state index in [1.54, 1.807) is 36.3 Å². The van der Waals surface area contributed by atoms with Crippen molar-refractivity contribution in [1.82, 2.24) is 10.2 Å². The van der Waals surface area contributed by atoms with E-state index in [9.17, 15) is 9.59 Å². The maximum absolute atomic E-state index is 13.5. The topological polar surface area (TPSA) is 67.9 Å². The third-order valence-corrected chi connectivity index (χ3v) is 5.59. The number of hydrogen-bond acceptors (Lipinski definition) is 4. The summed E-state index contributed by atoms with van der Waals surface area (Å²) in [7, 11) is 1.57. The SMILES string of the molecule is COc1cccc(C(=O)N2C(C(=O)NC(C)C)COC23CCC(C)CC3)c1. The fourth-order valence-corrected chi connectivity index (χ4v) is 4.06. The Labute approximate surface area is 161 Å². The number of carbonyl (C=O) groups excluding carboxylic acids is 2. The van der Waals surface area contributed by atoms with Crippen LogP contribution in [0, 0.1) is 5.92 Å². The first-order valence-electron chi connectivity index (χ1n) is 9.78. The largest absolute Gasteiger partial charge is 0.497 e. The molecule has 1 aromatic rings. The first kappa shape index (κ1) is 19.7. The Morgan fingerprint density at radius 2 is 2.00 bits per heavy atom. The van der Waals surface area contributed by atoms with Crippen LogP contribution in [0.5, 0.6) is 5.75 Å². The van der Waals surface area contributed by atoms with Crippen molar-refractivity contribution >= 4 is 11.8 Å². The summed E-state index contributed by atoms with van der Waals surface area (Å²) in [6, 6.07) is 6.48. The second-order valence-corrected chi connectivity index (χ2v) is 8.03. The third kappa shape index (κ3) is 3.95. The zero-order chi connectivity index (χ0) is 19.6. The normalized spacial score (nSPS) is 27.8. The van der Waals surface area contributed by atoms with Crippen molar-refractivity contribution in [2.45, 2.75) is 64.3 Å². The summed E-state index contributed by atoms with van der Waals surface area (Å²) in [5, 5.41) is 2.94. The molecule has 1 saturated heterocycles. The fraction of sp³-hybridized carbons (Fsp3) is 0.619. The van der Waals surface area contributed by atoms with Crippen molar-refractivity contribution < 1.29 is 19.1 Å². The summed E-state index contributed by atoms with van der Waals surface area (Å²) in [4.78, 5) is 28.0. The molecule has 1 aliphatic carbocycles. The summed E-state index contributed by atoms with van der Waals surface area (Å²) in [6.45, 7) is 6.29. The van der Waals surface area contributed by atoms with Gasteiger partial charge in [-0.15, -0.1) is 0 Å². The summed E-state index contributed by atoms with van der Waals surface area (Å²) in [5.74, 6) is 0.897. The standard InChI is InChI=1S/C21H30N2O4/c1-14(2)22-19(24)18-13-27-21(10-8-15(3)9-11-21)23(18)20(25)16-6-5-7-17(12-16)26-4/h5-7,12,14-15,18H,8-11,13H2,1-4H3,(H,22,24). The summed E-state index contributed by atoms with van der Waals surface area (Å²) in [5.41, 5.74) is -0.175. The van der Waals surface area contributed by atoms with Gasteiger partial charge in [0.1, 0.15) is 17.5 Å². The number of rotatable bonds is 4. The Bertz CT molecular complexity index is 695. The number of amides is 2. The van der Waals surface area contributed by atoms with Gasteiger partial charge >= 0.3 is 0 Å². The van der Waals surface area contributed by atoms with Crippen molar-refractivity contribution in [3.8, 4) is 5.75 Å². The molecule has 0 radical (unpaired) electrons. The molecule has 0 bridgehead atoms. The average molecular weight is 374 g/mol. The zero-order valence-electron chi connectivity index (χ0n) is 16.7. The molecule has 148 valence electrons. The monoisotopic (exact) mass is 374 g/mol. The van der Waals surface area contributed by atoms with Crippen LogP contribution in [0.4, 0.5) is 0 Å². The molecule has 1 aliphatic heterocycles. The maximum Gasteiger partial charge on any atom is 0.257 e. The van der Waals surface area contributed by atoms with Crippen molar-refractivity contribution in [2.75, 3.05) is 13.7 Å². The van der Waals surface area contributed by atoms with E-state index < -0.39 is 11.8 Å². The molecular weight excluding hydrogens is 344 g/mol. The predicted octanol–water partition coefficient (Wildman–Crippen LogP) is 2.97. The number of hydrogen-bond donors (Lipinski definition) is 1. The van der Waals surface area contributed by atoms with Gasteiger partial charge in [-0.25, -0.2) is 0 Å². The highest BCUT2D eigenvalue weighted by molar-refractivity contribution is 5.98. The number of benzene rings is 1. The minimum atomic E-state index is -0.689. The molecule has 1 aromatic carbocycles. The van der Waals surface area contributed by atoms with Gasteiger partial charge in [-0.2, -0.15) is 0 Å². The molecule has 3 rings (SSSR count). The Morgan fingerprint density at radius 1 is 1.30 bits per heavy atom. The molecule has 1 unspecified atom stereocenters. The average Bonchev–Trinajstić information content (AvgIpc) is 3.02. The summed E-state index contributed by atoms with van der Waals surface area (Å²) < 4.78 is 11.4. The van der Waals surface area contributed by atoms with Crippen LogP contribution < -0.4 is 10.1 Å². The Balaban J connectivity index is 1.94. The summed E-state index contributed by atoms with van der Waals surface area (Å²) >= 11 is 0. The van der Waals surface area contributed by atoms with Crippen molar-refractivity contribution in [1.29, 1.82) is 0 Å². The number of carbonyl (C=O) groups is 2. The first-order chi connectivity index (χ1) is 12.9. The third-order valence-electron chi connectivity index (χ3n) is 5.59. The van der Waals surface area contributed by atoms with Gasteiger partial charge in [0.2, 0.25) is 5.91 Å². The lowest BCUT2D eigenvalue weighted by Crippen LogP contribution is -2.57. The van der Waals surface area contributed by atoms with Crippen LogP contribution >= 0.6 is 0 Å². The van der Waals surface area contributed by atoms with E-state index in [0.29, 0.717) is 17.2 Å². The molecule has 2 amide bonds. The second-order valence-electron chi connectivity index (χ2n) is 8.03. The highest BCUT2D eigenvalue weighted by Gasteiger charge is 2.53. The summed E-state index contributed by atoms with van der Waals surface area (Å²) in [6.07, 6.45) is 3.49. The quantitative estimate of drug-likeness (QED) is 0.880. The van der Waals surface area contributed by atoms with E-state index in [4.69, 9.17) is 9.47 Å². The van der Waals surface area contributed by atoms with Gasteiger partial charge in [-0.05, 0) is 63.6 Å². The fourth-order valence-electron chi connectivity index (χ4n) is 4.06. The van der Waals surface area contributed by atoms with Crippen molar-refractivity contribution in [3.63, 3.8) is 0 Å². The van der Waals surface area contributed by atoms with Gasteiger partial charge in [0, 0.05) is 11.6 Å². The highest BCUT2D eigenvalue weighted by Crippen LogP contribution is 2.43. The molecule has 0 aromatic heterocycles. The predicted molar refractivity (Wildman–Crippen MR) is 103 cm³/mol. The minimum absolute atomic E-state index is 0.00852. The van der Waals surface area contributed by atoms with Crippen LogP contribution in [0.1, 0.15) is 56.8 Å². The van der Waals surface area contributed by atoms with Gasteiger partial charge < -0.3 is 14.8 Å². The van der Waals surface area contributed by atoms with E-state index in [0.717, 1.165) is 25.7 Å². The van der Waals surface area contributed by atoms with Crippen LogP contribution in [0.3, 0.4) is 0 Å². The zero-order valence-corrected chi connectivity index (χ0v) is 16.7. The van der Waals surface area contributed by atoms with Gasteiger partial charge in [0.05, 0.1) is 13.7 Å². The maximum atomic E-state index is 13.5. The van der Waals surface area contributed by atoms with Crippen molar-refractivity contribution in [2.24, 2.45) is 5.92 Å². The van der Waals surface area contributed by atoms with E-state index in [2.05, 4.69) is 12.2 Å². The van der Waals surface area contributed by atoms with Crippen LogP contribution in [-0.2, 0) is 9.53 Å². The molecule has 6 nitrogen and oxygen atoms in total. The van der Waals surface area contributed by atoms with E-state index in [1.165, 1.54) is 0 Å². The van der Waals surface area contributed by atoms with Gasteiger partial charge in [-0.3, -0.25) is 14.5 Å². The number of ether oxygens (including phenoxy) is 2. The number of nitrogens with one attached hydrogen (secondary N) is 1. The molecule has 1 heterocycles. The lowest BCUT2D eigenvalue weighted by atomic mass is 9.83. The molecule has 27 heavy (non-hydrogen) atoms. The molecule has 1 atom stereocenters. The van der Waals surface area contributed by atoms with Gasteiger partial charge in [-0.1, -0.05) is 13.0 Å². The number of methoxy groups -OCH3 is 1. The Hall–Kier alpha value is -2.08. The molecule has 2 fully saturated rings. The molecule has 1 saturated carbocycles. The second kappa shape index (κ2) is 7.89. The molecule has 1 N–H and O–H groups in total. The number of nitrogens with zero attached hydrogens (tertiary/aromatic N) is 1. The van der Waals surface area contributed by atoms with Crippen LogP contribution in [0.25, 0.3) is 0 Å². The van der Waals surface area contributed by atoms with E-state index in [1.807, 2.05) is 13.8 Å². The lowest BCUT2D eigenvalue weighted by Gasteiger charge is -2.43. The first-order valence-corrected chi connectivity index (χ1v) is 9.78. The van der Waals surface area contributed by atoms with E-state index in [-0.39, 0.29) is 24.5 Å². The van der Waals surface area contributed by atoms with Crippen LogP contribution in [0.15, 0.2) is 24.3 Å². The molecule has 2 aliphatic rings. The van der Waals surface area contributed by atoms with Gasteiger partial charge in [0.15, 0.2) is 0 Å². The Kier molecular flexibility index (Phi) is 5.75. The molecule has 1 spiro atoms.